The zero-order valence-electron chi connectivity index (χ0n) is 28.1. The van der Waals surface area contributed by atoms with Crippen LogP contribution in [0.1, 0.15) is 54.2 Å². The Kier molecular flexibility index (Phi) is 11.7. The molecular weight excluding hydrogens is 606 g/mol. The molecule has 1 aromatic heterocycles. The van der Waals surface area contributed by atoms with Crippen LogP contribution in [0.15, 0.2) is 36.4 Å². The van der Waals surface area contributed by atoms with Gasteiger partial charge < -0.3 is 30.2 Å². The fraction of sp³-hybridized carbons (Fsp3) is 0.515. The minimum Gasteiger partial charge on any atom is -0.492 e. The third-order valence-electron chi connectivity index (χ3n) is 8.49. The molecule has 0 radical (unpaired) electrons. The minimum atomic E-state index is -3.58. The van der Waals surface area contributed by atoms with E-state index in [1.165, 1.54) is 7.11 Å². The Morgan fingerprint density at radius 2 is 1.76 bits per heavy atom. The maximum Gasteiger partial charge on any atom is 0.272 e. The zero-order chi connectivity index (χ0) is 33.6. The molecular formula is C33H49N7O5S. The van der Waals surface area contributed by atoms with E-state index in [-0.39, 0.29) is 29.2 Å². The van der Waals surface area contributed by atoms with Crippen LogP contribution < -0.4 is 25.4 Å². The number of anilines is 2. The number of para-hydroxylation sites is 1. The second-order valence-electron chi connectivity index (χ2n) is 12.6. The SMILES string of the molecule is COc1c(NC(=O)c2cc3cccc(CNCCNC(=O)CN4CCC(N(C)C)CC4)c3n2C)cc(C(C)C)cc1NS(C)(=O)=O. The second-order valence-corrected chi connectivity index (χ2v) is 14.3. The molecule has 3 aromatic rings. The molecule has 1 fully saturated rings. The number of hydrogen-bond acceptors (Lipinski definition) is 8. The number of likely N-dealkylation sites (tertiary alicyclic amines) is 1. The first-order valence-electron chi connectivity index (χ1n) is 15.7. The van der Waals surface area contributed by atoms with Crippen molar-refractivity contribution >= 4 is 44.1 Å². The van der Waals surface area contributed by atoms with E-state index in [9.17, 15) is 18.0 Å². The highest BCUT2D eigenvalue weighted by molar-refractivity contribution is 7.92. The van der Waals surface area contributed by atoms with Crippen LogP contribution in [0.5, 0.6) is 5.75 Å². The van der Waals surface area contributed by atoms with Crippen molar-refractivity contribution in [2.45, 2.75) is 45.2 Å². The van der Waals surface area contributed by atoms with Crippen molar-refractivity contribution in [2.24, 2.45) is 7.05 Å². The van der Waals surface area contributed by atoms with Gasteiger partial charge in [0.25, 0.3) is 5.91 Å². The van der Waals surface area contributed by atoms with E-state index < -0.39 is 10.0 Å². The lowest BCUT2D eigenvalue weighted by Gasteiger charge is -2.34. The van der Waals surface area contributed by atoms with E-state index >= 15 is 0 Å². The number of amides is 2. The van der Waals surface area contributed by atoms with Gasteiger partial charge in [-0.15, -0.1) is 0 Å². The van der Waals surface area contributed by atoms with Gasteiger partial charge in [-0.25, -0.2) is 8.42 Å². The number of carbonyl (C=O) groups excluding carboxylic acids is 2. The summed E-state index contributed by atoms with van der Waals surface area (Å²) < 4.78 is 34.0. The molecule has 0 aliphatic carbocycles. The van der Waals surface area contributed by atoms with Gasteiger partial charge in [-0.1, -0.05) is 32.0 Å². The summed E-state index contributed by atoms with van der Waals surface area (Å²) in [4.78, 5) is 30.6. The van der Waals surface area contributed by atoms with Gasteiger partial charge in [-0.2, -0.15) is 0 Å². The molecule has 12 nitrogen and oxygen atoms in total. The Morgan fingerprint density at radius 1 is 1.07 bits per heavy atom. The largest absolute Gasteiger partial charge is 0.492 e. The first-order valence-corrected chi connectivity index (χ1v) is 17.6. The van der Waals surface area contributed by atoms with Crippen molar-refractivity contribution in [2.75, 3.05) is 70.2 Å². The molecule has 0 bridgehead atoms. The molecule has 46 heavy (non-hydrogen) atoms. The standard InChI is InChI=1S/C33H49N7O5S/c1-22(2)25-17-27(32(45-6)28(18-25)37-46(7,43)44)36-33(42)29-19-23-9-8-10-24(31(23)39(29)5)20-34-13-14-35-30(41)21-40-15-11-26(12-16-40)38(3)4/h8-10,17-19,22,26,34,37H,11-16,20-21H2,1-7H3,(H,35,41)(H,36,42). The second kappa shape index (κ2) is 15.3. The summed E-state index contributed by atoms with van der Waals surface area (Å²) >= 11 is 0. The number of carbonyl (C=O) groups is 2. The molecule has 1 aliphatic heterocycles. The minimum absolute atomic E-state index is 0.0417. The molecule has 4 rings (SSSR count). The van der Waals surface area contributed by atoms with E-state index in [1.54, 1.807) is 12.1 Å². The van der Waals surface area contributed by atoms with Crippen molar-refractivity contribution < 1.29 is 22.7 Å². The number of hydrogen-bond donors (Lipinski definition) is 4. The smallest absolute Gasteiger partial charge is 0.272 e. The van der Waals surface area contributed by atoms with Gasteiger partial charge in [-0.05, 0) is 62.2 Å². The summed E-state index contributed by atoms with van der Waals surface area (Å²) in [6, 6.07) is 11.9. The molecule has 2 amide bonds. The number of aryl methyl sites for hydroxylation is 1. The van der Waals surface area contributed by atoms with Crippen molar-refractivity contribution in [3.63, 3.8) is 0 Å². The first-order chi connectivity index (χ1) is 21.8. The maximum atomic E-state index is 13.6. The van der Waals surface area contributed by atoms with Crippen LogP contribution in [0.3, 0.4) is 0 Å². The Labute approximate surface area is 272 Å². The zero-order valence-corrected chi connectivity index (χ0v) is 28.9. The average molecular weight is 656 g/mol. The van der Waals surface area contributed by atoms with Gasteiger partial charge in [0, 0.05) is 51.2 Å². The Balaban J connectivity index is 1.39. The third kappa shape index (κ3) is 8.99. The monoisotopic (exact) mass is 655 g/mol. The van der Waals surface area contributed by atoms with Crippen LogP contribution in [0.25, 0.3) is 10.9 Å². The Hall–Kier alpha value is -3.65. The first kappa shape index (κ1) is 35.2. The average Bonchev–Trinajstić information content (AvgIpc) is 3.33. The molecule has 13 heteroatoms. The predicted octanol–water partition coefficient (Wildman–Crippen LogP) is 3.17. The van der Waals surface area contributed by atoms with Gasteiger partial charge in [-0.3, -0.25) is 19.2 Å². The van der Waals surface area contributed by atoms with Gasteiger partial charge in [0.1, 0.15) is 5.69 Å². The van der Waals surface area contributed by atoms with Crippen molar-refractivity contribution in [1.82, 2.24) is 25.0 Å². The van der Waals surface area contributed by atoms with E-state index in [1.807, 2.05) is 49.7 Å². The number of piperidine rings is 1. The molecule has 1 aliphatic rings. The summed E-state index contributed by atoms with van der Waals surface area (Å²) in [6.45, 7) is 7.98. The van der Waals surface area contributed by atoms with Crippen LogP contribution in [0.4, 0.5) is 11.4 Å². The van der Waals surface area contributed by atoms with Gasteiger partial charge in [0.15, 0.2) is 5.75 Å². The lowest BCUT2D eigenvalue weighted by atomic mass is 10.0. The lowest BCUT2D eigenvalue weighted by Crippen LogP contribution is -2.46. The van der Waals surface area contributed by atoms with Gasteiger partial charge in [0.2, 0.25) is 15.9 Å². The molecule has 2 heterocycles. The van der Waals surface area contributed by atoms with Crippen molar-refractivity contribution in [3.8, 4) is 5.75 Å². The highest BCUT2D eigenvalue weighted by atomic mass is 32.2. The van der Waals surface area contributed by atoms with Crippen LogP contribution in [0.2, 0.25) is 0 Å². The van der Waals surface area contributed by atoms with Crippen LogP contribution in [0, 0.1) is 0 Å². The number of methoxy groups -OCH3 is 1. The number of sulfonamides is 1. The fourth-order valence-electron chi connectivity index (χ4n) is 5.99. The topological polar surface area (TPSA) is 137 Å². The Morgan fingerprint density at radius 3 is 2.39 bits per heavy atom. The number of nitrogens with zero attached hydrogens (tertiary/aromatic N) is 3. The molecule has 2 aromatic carbocycles. The number of rotatable bonds is 14. The van der Waals surface area contributed by atoms with E-state index in [0.717, 1.165) is 54.2 Å². The summed E-state index contributed by atoms with van der Waals surface area (Å²) in [5.41, 5.74) is 3.86. The lowest BCUT2D eigenvalue weighted by molar-refractivity contribution is -0.122. The van der Waals surface area contributed by atoms with Crippen LogP contribution >= 0.6 is 0 Å². The highest BCUT2D eigenvalue weighted by Gasteiger charge is 2.23. The van der Waals surface area contributed by atoms with Crippen molar-refractivity contribution in [3.05, 3.63) is 53.2 Å². The molecule has 0 unspecified atom stereocenters. The third-order valence-corrected chi connectivity index (χ3v) is 9.08. The fourth-order valence-corrected chi connectivity index (χ4v) is 6.54. The predicted molar refractivity (Wildman–Crippen MR) is 184 cm³/mol. The number of benzene rings is 2. The van der Waals surface area contributed by atoms with Gasteiger partial charge >= 0.3 is 0 Å². The number of nitrogens with one attached hydrogen (secondary N) is 4. The summed E-state index contributed by atoms with van der Waals surface area (Å²) in [5.74, 6) is -0.00259. The molecule has 4 N–H and O–H groups in total. The highest BCUT2D eigenvalue weighted by Crippen LogP contribution is 2.38. The maximum absolute atomic E-state index is 13.6. The molecule has 0 saturated carbocycles. The Bertz CT molecular complexity index is 1640. The van der Waals surface area contributed by atoms with Crippen molar-refractivity contribution in [1.29, 1.82) is 0 Å². The summed E-state index contributed by atoms with van der Waals surface area (Å²) in [6.07, 6.45) is 3.24. The van der Waals surface area contributed by atoms with E-state index in [4.69, 9.17) is 4.74 Å². The number of fused-ring (bicyclic) bond motifs is 1. The number of aromatic nitrogens is 1. The number of ether oxygens (including phenoxy) is 1. The van der Waals surface area contributed by atoms with Gasteiger partial charge in [0.05, 0.1) is 36.8 Å². The van der Waals surface area contributed by atoms with E-state index in [2.05, 4.69) is 44.6 Å². The molecule has 0 spiro atoms. The molecule has 252 valence electrons. The quantitative estimate of drug-likeness (QED) is 0.195. The van der Waals surface area contributed by atoms with Crippen LogP contribution in [-0.2, 0) is 28.4 Å². The van der Waals surface area contributed by atoms with E-state index in [0.29, 0.717) is 43.6 Å². The molecule has 1 saturated heterocycles. The van der Waals surface area contributed by atoms with Crippen LogP contribution in [-0.4, -0.2) is 101 Å². The molecule has 0 atom stereocenters. The normalized spacial score (nSPS) is 14.6. The summed E-state index contributed by atoms with van der Waals surface area (Å²) in [5, 5.41) is 10.3. The summed E-state index contributed by atoms with van der Waals surface area (Å²) in [7, 11) is 3.92.